The molecule has 0 saturated carbocycles. The molecule has 1 N–H and O–H groups in total. The number of hydrogen-bond acceptors (Lipinski definition) is 3. The molecule has 0 saturated heterocycles. The van der Waals surface area contributed by atoms with Crippen LogP contribution in [0.1, 0.15) is 26.3 Å². The van der Waals surface area contributed by atoms with Gasteiger partial charge in [-0.3, -0.25) is 9.78 Å². The van der Waals surface area contributed by atoms with Gasteiger partial charge in [0.1, 0.15) is 6.54 Å². The van der Waals surface area contributed by atoms with E-state index in [0.717, 1.165) is 5.56 Å². The van der Waals surface area contributed by atoms with Crippen LogP contribution in [-0.2, 0) is 11.3 Å². The Morgan fingerprint density at radius 3 is 2.33 bits per heavy atom. The Bertz CT molecular complexity index is 462. The highest BCUT2D eigenvalue weighted by atomic mass is 16.4. The molecule has 1 aromatic heterocycles. The molecule has 0 aromatic carbocycles. The van der Waals surface area contributed by atoms with E-state index in [2.05, 4.69) is 4.98 Å². The molecule has 116 valence electrons. The highest BCUT2D eigenvalue weighted by Gasteiger charge is 2.22. The molecule has 0 aliphatic rings. The van der Waals surface area contributed by atoms with Crippen molar-refractivity contribution >= 4 is 12.0 Å². The van der Waals surface area contributed by atoms with Crippen molar-refractivity contribution in [1.29, 1.82) is 0 Å². The maximum absolute atomic E-state index is 12.5. The third kappa shape index (κ3) is 5.81. The summed E-state index contributed by atoms with van der Waals surface area (Å²) < 4.78 is 0. The van der Waals surface area contributed by atoms with Gasteiger partial charge in [-0.2, -0.15) is 0 Å². The maximum atomic E-state index is 12.5. The van der Waals surface area contributed by atoms with Crippen LogP contribution in [0.2, 0.25) is 0 Å². The monoisotopic (exact) mass is 293 g/mol. The smallest absolute Gasteiger partial charge is 0.323 e. The SMILES string of the molecule is CCN(Cc1ccncc1)C(=O)N(CC(=O)O)CC(C)C. The molecule has 1 heterocycles. The van der Waals surface area contributed by atoms with E-state index < -0.39 is 5.97 Å². The second-order valence-corrected chi connectivity index (χ2v) is 5.32. The first-order valence-corrected chi connectivity index (χ1v) is 7.08. The van der Waals surface area contributed by atoms with Crippen LogP contribution in [0.4, 0.5) is 4.79 Å². The molecular weight excluding hydrogens is 270 g/mol. The van der Waals surface area contributed by atoms with E-state index in [9.17, 15) is 9.59 Å². The van der Waals surface area contributed by atoms with Crippen molar-refractivity contribution in [2.75, 3.05) is 19.6 Å². The number of urea groups is 1. The van der Waals surface area contributed by atoms with Crippen LogP contribution in [0, 0.1) is 5.92 Å². The number of carbonyl (C=O) groups is 2. The van der Waals surface area contributed by atoms with Crippen molar-refractivity contribution < 1.29 is 14.7 Å². The minimum absolute atomic E-state index is 0.216. The molecule has 21 heavy (non-hydrogen) atoms. The lowest BCUT2D eigenvalue weighted by molar-refractivity contribution is -0.137. The van der Waals surface area contributed by atoms with Crippen molar-refractivity contribution in [2.24, 2.45) is 5.92 Å². The lowest BCUT2D eigenvalue weighted by Gasteiger charge is -2.30. The van der Waals surface area contributed by atoms with Gasteiger partial charge in [0.25, 0.3) is 0 Å². The molecule has 0 atom stereocenters. The van der Waals surface area contributed by atoms with Crippen LogP contribution in [0.15, 0.2) is 24.5 Å². The van der Waals surface area contributed by atoms with Crippen LogP contribution in [0.25, 0.3) is 0 Å². The molecule has 0 spiro atoms. The summed E-state index contributed by atoms with van der Waals surface area (Å²) in [5.41, 5.74) is 0.972. The van der Waals surface area contributed by atoms with E-state index in [0.29, 0.717) is 19.6 Å². The van der Waals surface area contributed by atoms with E-state index >= 15 is 0 Å². The van der Waals surface area contributed by atoms with E-state index in [1.807, 2.05) is 32.9 Å². The number of aromatic nitrogens is 1. The van der Waals surface area contributed by atoms with Crippen LogP contribution in [0.5, 0.6) is 0 Å². The highest BCUT2D eigenvalue weighted by Crippen LogP contribution is 2.09. The summed E-state index contributed by atoms with van der Waals surface area (Å²) in [6.45, 7) is 6.93. The third-order valence-corrected chi connectivity index (χ3v) is 2.96. The van der Waals surface area contributed by atoms with Crippen LogP contribution >= 0.6 is 0 Å². The number of carbonyl (C=O) groups excluding carboxylic acids is 1. The molecule has 0 fully saturated rings. The normalized spacial score (nSPS) is 10.5. The summed E-state index contributed by atoms with van der Waals surface area (Å²) in [6, 6.07) is 3.45. The van der Waals surface area contributed by atoms with E-state index in [-0.39, 0.29) is 18.5 Å². The highest BCUT2D eigenvalue weighted by molar-refractivity contribution is 5.80. The number of hydrogen-bond donors (Lipinski definition) is 1. The first-order chi connectivity index (χ1) is 9.93. The molecule has 1 aromatic rings. The predicted octanol–water partition coefficient (Wildman–Crippen LogP) is 2.07. The molecule has 0 bridgehead atoms. The fourth-order valence-electron chi connectivity index (χ4n) is 2.04. The van der Waals surface area contributed by atoms with Crippen molar-refractivity contribution in [3.63, 3.8) is 0 Å². The van der Waals surface area contributed by atoms with Gasteiger partial charge in [-0.15, -0.1) is 0 Å². The molecule has 1 rings (SSSR count). The van der Waals surface area contributed by atoms with Crippen LogP contribution in [-0.4, -0.2) is 51.5 Å². The maximum Gasteiger partial charge on any atom is 0.323 e. The van der Waals surface area contributed by atoms with Gasteiger partial charge in [0.05, 0.1) is 0 Å². The van der Waals surface area contributed by atoms with Crippen LogP contribution in [0.3, 0.4) is 0 Å². The molecule has 6 nitrogen and oxygen atoms in total. The molecule has 6 heteroatoms. The summed E-state index contributed by atoms with van der Waals surface area (Å²) in [7, 11) is 0. The molecule has 0 aliphatic heterocycles. The molecule has 0 aliphatic carbocycles. The second-order valence-electron chi connectivity index (χ2n) is 5.32. The quantitative estimate of drug-likeness (QED) is 0.835. The van der Waals surface area contributed by atoms with Gasteiger partial charge in [0.15, 0.2) is 0 Å². The number of pyridine rings is 1. The largest absolute Gasteiger partial charge is 0.480 e. The number of rotatable bonds is 7. The Balaban J connectivity index is 2.80. The second kappa shape index (κ2) is 8.24. The van der Waals surface area contributed by atoms with Gasteiger partial charge in [-0.1, -0.05) is 13.8 Å². The van der Waals surface area contributed by atoms with Crippen molar-refractivity contribution in [1.82, 2.24) is 14.8 Å². The zero-order valence-corrected chi connectivity index (χ0v) is 12.8. The third-order valence-electron chi connectivity index (χ3n) is 2.96. The summed E-state index contributed by atoms with van der Waals surface area (Å²) in [4.78, 5) is 30.4. The predicted molar refractivity (Wildman–Crippen MR) is 79.8 cm³/mol. The van der Waals surface area contributed by atoms with Gasteiger partial charge >= 0.3 is 12.0 Å². The Labute approximate surface area is 125 Å². The Hall–Kier alpha value is -2.11. The van der Waals surface area contributed by atoms with Gasteiger partial charge < -0.3 is 14.9 Å². The van der Waals surface area contributed by atoms with Crippen molar-refractivity contribution in [3.05, 3.63) is 30.1 Å². The number of aliphatic carboxylic acids is 1. The summed E-state index contributed by atoms with van der Waals surface area (Å²) >= 11 is 0. The van der Waals surface area contributed by atoms with Crippen LogP contribution < -0.4 is 0 Å². The molecule has 0 radical (unpaired) electrons. The number of amides is 2. The Morgan fingerprint density at radius 2 is 1.86 bits per heavy atom. The van der Waals surface area contributed by atoms with Gasteiger partial charge in [0, 0.05) is 32.0 Å². The topological polar surface area (TPSA) is 73.7 Å². The zero-order valence-electron chi connectivity index (χ0n) is 12.8. The van der Waals surface area contributed by atoms with Gasteiger partial charge in [-0.05, 0) is 30.5 Å². The zero-order chi connectivity index (χ0) is 15.8. The number of nitrogens with zero attached hydrogens (tertiary/aromatic N) is 3. The van der Waals surface area contributed by atoms with Gasteiger partial charge in [-0.25, -0.2) is 4.79 Å². The Morgan fingerprint density at radius 1 is 1.24 bits per heavy atom. The molecular formula is C15H23N3O3. The number of carboxylic acids is 1. The van der Waals surface area contributed by atoms with Crippen molar-refractivity contribution in [2.45, 2.75) is 27.3 Å². The number of carboxylic acid groups (broad SMARTS) is 1. The molecule has 0 unspecified atom stereocenters. The summed E-state index contributed by atoms with van der Waals surface area (Å²) in [6.07, 6.45) is 3.35. The average Bonchev–Trinajstić information content (AvgIpc) is 2.43. The van der Waals surface area contributed by atoms with E-state index in [4.69, 9.17) is 5.11 Å². The van der Waals surface area contributed by atoms with E-state index in [1.54, 1.807) is 17.3 Å². The fraction of sp³-hybridized carbons (Fsp3) is 0.533. The minimum atomic E-state index is -0.996. The van der Waals surface area contributed by atoms with Crippen molar-refractivity contribution in [3.8, 4) is 0 Å². The lowest BCUT2D eigenvalue weighted by Crippen LogP contribution is -2.46. The molecule has 2 amide bonds. The average molecular weight is 293 g/mol. The first kappa shape index (κ1) is 16.9. The Kier molecular flexibility index (Phi) is 6.65. The summed E-state index contributed by atoms with van der Waals surface area (Å²) in [5, 5.41) is 8.97. The summed E-state index contributed by atoms with van der Waals surface area (Å²) in [5.74, 6) is -0.781. The van der Waals surface area contributed by atoms with Gasteiger partial charge in [0.2, 0.25) is 0 Å². The first-order valence-electron chi connectivity index (χ1n) is 7.08. The van der Waals surface area contributed by atoms with E-state index in [1.165, 1.54) is 4.90 Å². The fourth-order valence-corrected chi connectivity index (χ4v) is 2.04. The standard InChI is InChI=1S/C15H23N3O3/c1-4-17(10-13-5-7-16-8-6-13)15(21)18(9-12(2)3)11-14(19)20/h5-8,12H,4,9-11H2,1-3H3,(H,19,20). The minimum Gasteiger partial charge on any atom is -0.480 e. The lowest BCUT2D eigenvalue weighted by atomic mass is 10.2.